The Kier molecular flexibility index (Phi) is 5.50. The lowest BCUT2D eigenvalue weighted by molar-refractivity contribution is -0.126. The van der Waals surface area contributed by atoms with E-state index >= 15 is 0 Å². The summed E-state index contributed by atoms with van der Waals surface area (Å²) in [7, 11) is 0. The molecule has 0 aromatic rings. The zero-order chi connectivity index (χ0) is 12.7. The van der Waals surface area contributed by atoms with Crippen molar-refractivity contribution in [1.29, 1.82) is 0 Å². The second-order valence-electron chi connectivity index (χ2n) is 5.40. The van der Waals surface area contributed by atoms with E-state index in [1.807, 2.05) is 13.8 Å². The van der Waals surface area contributed by atoms with Gasteiger partial charge in [0, 0.05) is 6.54 Å². The smallest absolute Gasteiger partial charge is 0.239 e. The quantitative estimate of drug-likeness (QED) is 0.713. The highest BCUT2D eigenvalue weighted by molar-refractivity contribution is 5.85. The minimum absolute atomic E-state index is 0.0401. The highest BCUT2D eigenvalue weighted by atomic mass is 16.2. The van der Waals surface area contributed by atoms with Crippen LogP contribution in [0.2, 0.25) is 0 Å². The lowest BCUT2D eigenvalue weighted by Crippen LogP contribution is -2.53. The Bertz CT molecular complexity index is 285. The molecule has 0 radical (unpaired) electrons. The van der Waals surface area contributed by atoms with E-state index in [9.17, 15) is 4.79 Å². The van der Waals surface area contributed by atoms with Gasteiger partial charge in [0.05, 0.1) is 12.1 Å². The van der Waals surface area contributed by atoms with E-state index in [2.05, 4.69) is 16.6 Å². The molecule has 1 amide bonds. The van der Waals surface area contributed by atoms with Crippen LogP contribution in [0.3, 0.4) is 0 Å². The molecule has 3 heteroatoms. The van der Waals surface area contributed by atoms with Crippen LogP contribution in [0.5, 0.6) is 0 Å². The van der Waals surface area contributed by atoms with Gasteiger partial charge < -0.3 is 5.32 Å². The van der Waals surface area contributed by atoms with Crippen LogP contribution in [-0.2, 0) is 4.79 Å². The monoisotopic (exact) mass is 236 g/mol. The van der Waals surface area contributed by atoms with Crippen molar-refractivity contribution < 1.29 is 4.79 Å². The van der Waals surface area contributed by atoms with E-state index in [1.165, 1.54) is 32.1 Å². The first-order chi connectivity index (χ1) is 8.06. The molecule has 1 saturated carbocycles. The van der Waals surface area contributed by atoms with Crippen LogP contribution < -0.4 is 10.6 Å². The third-order valence-electron chi connectivity index (χ3n) is 3.48. The van der Waals surface area contributed by atoms with Gasteiger partial charge in [-0.15, -0.1) is 6.42 Å². The standard InChI is InChI=1S/C14H24N2O/c1-4-10-16-14(2,3)13(17)15-11-12-8-6-5-7-9-12/h1,12,16H,5-11H2,2-3H3,(H,15,17). The molecule has 96 valence electrons. The Hall–Kier alpha value is -1.01. The van der Waals surface area contributed by atoms with Crippen molar-refractivity contribution in [2.24, 2.45) is 5.92 Å². The van der Waals surface area contributed by atoms with Gasteiger partial charge in [0.1, 0.15) is 0 Å². The second kappa shape index (κ2) is 6.66. The molecular formula is C14H24N2O. The predicted molar refractivity (Wildman–Crippen MR) is 70.5 cm³/mol. The normalized spacial score (nSPS) is 17.5. The first-order valence-electron chi connectivity index (χ1n) is 6.53. The molecule has 0 spiro atoms. The number of terminal acetylenes is 1. The summed E-state index contributed by atoms with van der Waals surface area (Å²) in [5.74, 6) is 3.20. The van der Waals surface area contributed by atoms with Crippen LogP contribution in [0.1, 0.15) is 46.0 Å². The van der Waals surface area contributed by atoms with E-state index in [0.29, 0.717) is 12.5 Å². The van der Waals surface area contributed by atoms with Crippen LogP contribution in [0.25, 0.3) is 0 Å². The Morgan fingerprint density at radius 3 is 2.59 bits per heavy atom. The van der Waals surface area contributed by atoms with Gasteiger partial charge in [0.25, 0.3) is 0 Å². The van der Waals surface area contributed by atoms with Gasteiger partial charge in [-0.3, -0.25) is 10.1 Å². The van der Waals surface area contributed by atoms with Crippen LogP contribution in [0, 0.1) is 18.3 Å². The maximum absolute atomic E-state index is 12.0. The average Bonchev–Trinajstić information content (AvgIpc) is 2.34. The fraction of sp³-hybridized carbons (Fsp3) is 0.786. The van der Waals surface area contributed by atoms with E-state index in [4.69, 9.17) is 6.42 Å². The van der Waals surface area contributed by atoms with Crippen LogP contribution >= 0.6 is 0 Å². The highest BCUT2D eigenvalue weighted by Gasteiger charge is 2.26. The molecule has 0 aromatic carbocycles. The van der Waals surface area contributed by atoms with E-state index in [-0.39, 0.29) is 5.91 Å². The van der Waals surface area contributed by atoms with Crippen molar-refractivity contribution in [2.75, 3.05) is 13.1 Å². The molecule has 1 aliphatic rings. The maximum atomic E-state index is 12.0. The largest absolute Gasteiger partial charge is 0.354 e. The first-order valence-corrected chi connectivity index (χ1v) is 6.53. The molecule has 0 heterocycles. The number of carbonyl (C=O) groups excluding carboxylic acids is 1. The van der Waals surface area contributed by atoms with Crippen LogP contribution in [0.15, 0.2) is 0 Å². The lowest BCUT2D eigenvalue weighted by atomic mass is 9.89. The van der Waals surface area contributed by atoms with E-state index in [1.54, 1.807) is 0 Å². The van der Waals surface area contributed by atoms with Crippen molar-refractivity contribution in [2.45, 2.75) is 51.5 Å². The van der Waals surface area contributed by atoms with Crippen molar-refractivity contribution in [3.05, 3.63) is 0 Å². The maximum Gasteiger partial charge on any atom is 0.239 e. The molecule has 0 aromatic heterocycles. The molecular weight excluding hydrogens is 212 g/mol. The Morgan fingerprint density at radius 1 is 1.35 bits per heavy atom. The van der Waals surface area contributed by atoms with Crippen LogP contribution in [-0.4, -0.2) is 24.5 Å². The lowest BCUT2D eigenvalue weighted by Gasteiger charge is -2.27. The molecule has 1 aliphatic carbocycles. The van der Waals surface area contributed by atoms with Crippen molar-refractivity contribution in [1.82, 2.24) is 10.6 Å². The zero-order valence-corrected chi connectivity index (χ0v) is 11.0. The number of rotatable bonds is 5. The van der Waals surface area contributed by atoms with Gasteiger partial charge in [-0.05, 0) is 32.6 Å². The number of amides is 1. The number of hydrogen-bond donors (Lipinski definition) is 2. The van der Waals surface area contributed by atoms with E-state index < -0.39 is 5.54 Å². The molecule has 0 bridgehead atoms. The summed E-state index contributed by atoms with van der Waals surface area (Å²) in [5.41, 5.74) is -0.582. The molecule has 3 nitrogen and oxygen atoms in total. The van der Waals surface area contributed by atoms with Crippen molar-refractivity contribution in [3.63, 3.8) is 0 Å². The van der Waals surface area contributed by atoms with Gasteiger partial charge in [0.2, 0.25) is 5.91 Å². The predicted octanol–water partition coefficient (Wildman–Crippen LogP) is 1.68. The number of hydrogen-bond acceptors (Lipinski definition) is 2. The summed E-state index contributed by atoms with van der Waals surface area (Å²) in [6.07, 6.45) is 11.6. The average molecular weight is 236 g/mol. The topological polar surface area (TPSA) is 41.1 Å². The van der Waals surface area contributed by atoms with Crippen LogP contribution in [0.4, 0.5) is 0 Å². The molecule has 0 atom stereocenters. The first kappa shape index (κ1) is 14.1. The summed E-state index contributed by atoms with van der Waals surface area (Å²) in [4.78, 5) is 12.0. The molecule has 1 fully saturated rings. The molecule has 2 N–H and O–H groups in total. The summed E-state index contributed by atoms with van der Waals surface area (Å²) in [6.45, 7) is 4.95. The van der Waals surface area contributed by atoms with Gasteiger partial charge in [-0.1, -0.05) is 25.2 Å². The molecule has 0 saturated heterocycles. The zero-order valence-electron chi connectivity index (χ0n) is 11.0. The highest BCUT2D eigenvalue weighted by Crippen LogP contribution is 2.22. The van der Waals surface area contributed by atoms with Crippen molar-refractivity contribution in [3.8, 4) is 12.3 Å². The summed E-state index contributed by atoms with van der Waals surface area (Å²) in [5, 5.41) is 6.08. The van der Waals surface area contributed by atoms with Gasteiger partial charge in [-0.2, -0.15) is 0 Å². The number of nitrogens with one attached hydrogen (secondary N) is 2. The Labute approximate surface area is 105 Å². The van der Waals surface area contributed by atoms with Gasteiger partial charge in [0.15, 0.2) is 0 Å². The van der Waals surface area contributed by atoms with Crippen molar-refractivity contribution >= 4 is 5.91 Å². The number of carbonyl (C=O) groups is 1. The molecule has 1 rings (SSSR count). The fourth-order valence-corrected chi connectivity index (χ4v) is 2.20. The SMILES string of the molecule is C#CCNC(C)(C)C(=O)NCC1CCCCC1. The fourth-order valence-electron chi connectivity index (χ4n) is 2.20. The summed E-state index contributed by atoms with van der Waals surface area (Å²) < 4.78 is 0. The molecule has 0 unspecified atom stereocenters. The third kappa shape index (κ3) is 4.79. The Balaban J connectivity index is 2.30. The second-order valence-corrected chi connectivity index (χ2v) is 5.40. The summed E-state index contributed by atoms with van der Waals surface area (Å²) >= 11 is 0. The summed E-state index contributed by atoms with van der Waals surface area (Å²) in [6, 6.07) is 0. The molecule has 0 aliphatic heterocycles. The minimum atomic E-state index is -0.582. The van der Waals surface area contributed by atoms with E-state index in [0.717, 1.165) is 6.54 Å². The Morgan fingerprint density at radius 2 is 2.00 bits per heavy atom. The molecule has 17 heavy (non-hydrogen) atoms. The minimum Gasteiger partial charge on any atom is -0.354 e. The van der Waals surface area contributed by atoms with Gasteiger partial charge >= 0.3 is 0 Å². The van der Waals surface area contributed by atoms with Gasteiger partial charge in [-0.25, -0.2) is 0 Å². The third-order valence-corrected chi connectivity index (χ3v) is 3.48.